The molecule has 0 aromatic heterocycles. The van der Waals surface area contributed by atoms with Gasteiger partial charge in [0.05, 0.1) is 35.2 Å². The van der Waals surface area contributed by atoms with Crippen molar-refractivity contribution in [3.63, 3.8) is 0 Å². The summed E-state index contributed by atoms with van der Waals surface area (Å²) < 4.78 is 5.78. The monoisotopic (exact) mass is 452 g/mol. The normalized spacial score (nSPS) is 18.3. The van der Waals surface area contributed by atoms with Gasteiger partial charge in [0.2, 0.25) is 0 Å². The Hall–Kier alpha value is -2.31. The Bertz CT molecular complexity index is 900. The quantitative estimate of drug-likeness (QED) is 0.736. The van der Waals surface area contributed by atoms with Crippen LogP contribution in [0.15, 0.2) is 24.0 Å². The molecule has 2 aliphatic rings. The van der Waals surface area contributed by atoms with Gasteiger partial charge >= 0.3 is 6.09 Å². The van der Waals surface area contributed by atoms with Gasteiger partial charge in [-0.05, 0) is 25.0 Å². The molecule has 0 atom stereocenters. The predicted molar refractivity (Wildman–Crippen MR) is 111 cm³/mol. The Morgan fingerprint density at radius 3 is 2.53 bits per heavy atom. The smallest absolute Gasteiger partial charge is 0.411 e. The maximum absolute atomic E-state index is 13.1. The van der Waals surface area contributed by atoms with Crippen molar-refractivity contribution in [1.82, 2.24) is 15.3 Å². The fraction of sp³-hybridized carbons (Fsp3) is 0.450. The molecule has 1 aromatic rings. The van der Waals surface area contributed by atoms with Crippen LogP contribution in [0.3, 0.4) is 0 Å². The molecule has 3 rings (SSSR count). The van der Waals surface area contributed by atoms with Crippen molar-refractivity contribution in [3.8, 4) is 6.07 Å². The lowest BCUT2D eigenvalue weighted by molar-refractivity contribution is -0.152. The van der Waals surface area contributed by atoms with E-state index < -0.39 is 17.5 Å². The van der Waals surface area contributed by atoms with Gasteiger partial charge in [0.25, 0.3) is 5.91 Å². The number of hydrogen-bond acceptors (Lipinski definition) is 6. The highest BCUT2D eigenvalue weighted by atomic mass is 35.5. The summed E-state index contributed by atoms with van der Waals surface area (Å²) in [5.41, 5.74) is -0.402. The van der Waals surface area contributed by atoms with E-state index in [1.165, 1.54) is 11.9 Å². The first kappa shape index (κ1) is 22.4. The summed E-state index contributed by atoms with van der Waals surface area (Å²) in [6.07, 6.45) is 0.454. The standard InChI is InChI=1S/C20H22Cl2N4O4/c1-25(10-4-9-23)19(28)30-17-16(15-13(21)5-3-6-14(15)22)18(27)24-20(17)7-11-26(29-2)12-8-20/h3,5-6H,4,7-8,10-12H2,1-2H3,(H,24,27). The molecule has 0 bridgehead atoms. The first-order chi connectivity index (χ1) is 14.3. The van der Waals surface area contributed by atoms with E-state index >= 15 is 0 Å². The molecule has 0 unspecified atom stereocenters. The number of carbonyl (C=O) groups excluding carboxylic acids is 2. The molecule has 8 nitrogen and oxygen atoms in total. The van der Waals surface area contributed by atoms with E-state index in [0.29, 0.717) is 31.5 Å². The number of halogens is 2. The molecule has 0 radical (unpaired) electrons. The minimum atomic E-state index is -0.879. The van der Waals surface area contributed by atoms with Gasteiger partial charge in [0.15, 0.2) is 0 Å². The van der Waals surface area contributed by atoms with Crippen LogP contribution in [-0.2, 0) is 14.4 Å². The van der Waals surface area contributed by atoms with E-state index in [9.17, 15) is 9.59 Å². The molecule has 1 N–H and O–H groups in total. The Morgan fingerprint density at radius 1 is 1.33 bits per heavy atom. The van der Waals surface area contributed by atoms with Crippen LogP contribution in [0.2, 0.25) is 10.0 Å². The van der Waals surface area contributed by atoms with Crippen LogP contribution in [-0.4, -0.2) is 61.3 Å². The summed E-state index contributed by atoms with van der Waals surface area (Å²) in [6.45, 7) is 1.27. The lowest BCUT2D eigenvalue weighted by Gasteiger charge is -2.39. The molecule has 30 heavy (non-hydrogen) atoms. The van der Waals surface area contributed by atoms with E-state index in [0.717, 1.165) is 0 Å². The largest absolute Gasteiger partial charge is 0.414 e. The molecular weight excluding hydrogens is 431 g/mol. The first-order valence-electron chi connectivity index (χ1n) is 9.43. The molecule has 2 amide bonds. The van der Waals surface area contributed by atoms with Crippen molar-refractivity contribution >= 4 is 40.8 Å². The zero-order valence-corrected chi connectivity index (χ0v) is 18.2. The second-order valence-electron chi connectivity index (χ2n) is 7.15. The van der Waals surface area contributed by atoms with Gasteiger partial charge in [-0.25, -0.2) is 4.79 Å². The third kappa shape index (κ3) is 4.25. The van der Waals surface area contributed by atoms with Crippen LogP contribution in [0.5, 0.6) is 0 Å². The molecule has 1 fully saturated rings. The molecule has 1 aromatic carbocycles. The van der Waals surface area contributed by atoms with Crippen molar-refractivity contribution in [2.24, 2.45) is 0 Å². The zero-order chi connectivity index (χ0) is 21.9. The van der Waals surface area contributed by atoms with Crippen LogP contribution < -0.4 is 5.32 Å². The van der Waals surface area contributed by atoms with Gasteiger partial charge in [-0.1, -0.05) is 29.3 Å². The summed E-state index contributed by atoms with van der Waals surface area (Å²) in [5.74, 6) is -0.203. The topological polar surface area (TPSA) is 94.9 Å². The molecule has 1 saturated heterocycles. The molecule has 2 heterocycles. The number of amides is 2. The van der Waals surface area contributed by atoms with Crippen LogP contribution >= 0.6 is 23.2 Å². The number of benzene rings is 1. The lowest BCUT2D eigenvalue weighted by atomic mass is 9.86. The number of hydroxylamine groups is 2. The highest BCUT2D eigenvalue weighted by Gasteiger charge is 2.50. The van der Waals surface area contributed by atoms with Crippen LogP contribution in [0.4, 0.5) is 4.79 Å². The minimum absolute atomic E-state index is 0.151. The fourth-order valence-corrected chi connectivity index (χ4v) is 4.25. The third-order valence-electron chi connectivity index (χ3n) is 5.35. The first-order valence-corrected chi connectivity index (χ1v) is 10.2. The average Bonchev–Trinajstić information content (AvgIpc) is 2.97. The average molecular weight is 453 g/mol. The number of nitrogens with one attached hydrogen (secondary N) is 1. The molecule has 0 aliphatic carbocycles. The number of nitrogens with zero attached hydrogens (tertiary/aromatic N) is 3. The molecule has 1 spiro atoms. The van der Waals surface area contributed by atoms with E-state index in [1.54, 1.807) is 30.4 Å². The molecule has 0 saturated carbocycles. The second kappa shape index (κ2) is 9.23. The number of ether oxygens (including phenoxy) is 1. The van der Waals surface area contributed by atoms with E-state index in [-0.39, 0.29) is 34.3 Å². The summed E-state index contributed by atoms with van der Waals surface area (Å²) >= 11 is 12.7. The van der Waals surface area contributed by atoms with Crippen molar-refractivity contribution < 1.29 is 19.2 Å². The predicted octanol–water partition coefficient (Wildman–Crippen LogP) is 3.21. The van der Waals surface area contributed by atoms with Crippen molar-refractivity contribution in [3.05, 3.63) is 39.6 Å². The Labute approximate surface area is 184 Å². The highest BCUT2D eigenvalue weighted by molar-refractivity contribution is 6.41. The number of nitriles is 1. The van der Waals surface area contributed by atoms with Gasteiger partial charge in [0.1, 0.15) is 11.3 Å². The molecule has 10 heteroatoms. The SMILES string of the molecule is CON1CCC2(CC1)NC(=O)C(c1c(Cl)cccc1Cl)=C2OC(=O)N(C)CCC#N. The van der Waals surface area contributed by atoms with Gasteiger partial charge in [0, 0.05) is 32.2 Å². The maximum atomic E-state index is 13.1. The van der Waals surface area contributed by atoms with Crippen LogP contribution in [0.25, 0.3) is 5.57 Å². The second-order valence-corrected chi connectivity index (χ2v) is 7.96. The van der Waals surface area contributed by atoms with E-state index in [4.69, 9.17) is 38.0 Å². The maximum Gasteiger partial charge on any atom is 0.414 e. The summed E-state index contributed by atoms with van der Waals surface area (Å²) in [7, 11) is 3.12. The number of rotatable bonds is 5. The van der Waals surface area contributed by atoms with E-state index in [1.807, 2.05) is 6.07 Å². The minimum Gasteiger partial charge on any atom is -0.411 e. The summed E-state index contributed by atoms with van der Waals surface area (Å²) in [5, 5.41) is 14.1. The third-order valence-corrected chi connectivity index (χ3v) is 5.98. The summed E-state index contributed by atoms with van der Waals surface area (Å²) in [4.78, 5) is 32.4. The van der Waals surface area contributed by atoms with Gasteiger partial charge < -0.3 is 19.8 Å². The molecule has 160 valence electrons. The summed E-state index contributed by atoms with van der Waals surface area (Å²) in [6, 6.07) is 6.92. The van der Waals surface area contributed by atoms with Crippen molar-refractivity contribution in [1.29, 1.82) is 5.26 Å². The zero-order valence-electron chi connectivity index (χ0n) is 16.7. The van der Waals surface area contributed by atoms with E-state index in [2.05, 4.69) is 5.32 Å². The lowest BCUT2D eigenvalue weighted by Crippen LogP contribution is -2.53. The highest BCUT2D eigenvalue weighted by Crippen LogP contribution is 2.44. The Kier molecular flexibility index (Phi) is 6.88. The van der Waals surface area contributed by atoms with Gasteiger partial charge in [-0.2, -0.15) is 10.3 Å². The van der Waals surface area contributed by atoms with Crippen molar-refractivity contribution in [2.45, 2.75) is 24.8 Å². The Balaban J connectivity index is 2.06. The molecular formula is C20H22Cl2N4O4. The number of carbonyl (C=O) groups is 2. The van der Waals surface area contributed by atoms with Crippen LogP contribution in [0, 0.1) is 11.3 Å². The Morgan fingerprint density at radius 2 is 1.97 bits per heavy atom. The molecule has 2 aliphatic heterocycles. The van der Waals surface area contributed by atoms with Crippen molar-refractivity contribution in [2.75, 3.05) is 33.8 Å². The number of piperidine rings is 1. The van der Waals surface area contributed by atoms with Gasteiger partial charge in [-0.3, -0.25) is 4.79 Å². The number of hydrogen-bond donors (Lipinski definition) is 1. The fourth-order valence-electron chi connectivity index (χ4n) is 3.67. The van der Waals surface area contributed by atoms with Crippen LogP contribution in [0.1, 0.15) is 24.8 Å². The van der Waals surface area contributed by atoms with Gasteiger partial charge in [-0.15, -0.1) is 0 Å².